The van der Waals surface area contributed by atoms with Crippen molar-refractivity contribution in [2.75, 3.05) is 18.8 Å². The summed E-state index contributed by atoms with van der Waals surface area (Å²) in [6, 6.07) is 4.49. The molecule has 1 aliphatic rings. The molecule has 3 rings (SSSR count). The number of nitrogens with two attached hydrogens (primary N) is 1. The maximum Gasteiger partial charge on any atom is 0.145 e. The maximum atomic E-state index is 5.67. The maximum absolute atomic E-state index is 5.67. The number of nitrogens with zero attached hydrogens (tertiary/aromatic N) is 3. The quantitative estimate of drug-likeness (QED) is 0.933. The molecule has 1 saturated heterocycles. The summed E-state index contributed by atoms with van der Waals surface area (Å²) in [7, 11) is 0. The van der Waals surface area contributed by atoms with Crippen molar-refractivity contribution < 1.29 is 0 Å². The third kappa shape index (κ3) is 3.01. The highest BCUT2D eigenvalue weighted by Crippen LogP contribution is 2.27. The van der Waals surface area contributed by atoms with E-state index in [-0.39, 0.29) is 0 Å². The number of aromatic nitrogens is 2. The van der Waals surface area contributed by atoms with Crippen LogP contribution in [0.4, 0.5) is 5.82 Å². The number of nitrogen functional groups attached to an aromatic ring is 1. The number of piperidine rings is 1. The van der Waals surface area contributed by atoms with Gasteiger partial charge in [0.25, 0.3) is 0 Å². The fourth-order valence-electron chi connectivity index (χ4n) is 2.54. The van der Waals surface area contributed by atoms with Crippen LogP contribution in [0.25, 0.3) is 0 Å². The van der Waals surface area contributed by atoms with E-state index in [2.05, 4.69) is 37.4 Å². The zero-order valence-electron chi connectivity index (χ0n) is 10.6. The lowest BCUT2D eigenvalue weighted by Crippen LogP contribution is -2.34. The Kier molecular flexibility index (Phi) is 3.91. The largest absolute Gasteiger partial charge is 0.382 e. The number of hydrogen-bond acceptors (Lipinski definition) is 4. The fourth-order valence-corrected chi connectivity index (χ4v) is 4.06. The molecule has 2 N–H and O–H groups in total. The number of hydrogen-bond donors (Lipinski definition) is 1. The molecule has 0 radical (unpaired) electrons. The molecule has 0 aromatic carbocycles. The van der Waals surface area contributed by atoms with Gasteiger partial charge in [-0.05, 0) is 46.3 Å². The van der Waals surface area contributed by atoms with Gasteiger partial charge in [0.1, 0.15) is 5.82 Å². The highest BCUT2D eigenvalue weighted by Gasteiger charge is 2.21. The molecule has 3 heterocycles. The first-order valence-corrected chi connectivity index (χ1v) is 8.14. The second-order valence-electron chi connectivity index (χ2n) is 4.92. The normalized spacial score (nSPS) is 17.9. The van der Waals surface area contributed by atoms with E-state index in [0.717, 1.165) is 32.5 Å². The van der Waals surface area contributed by atoms with E-state index < -0.39 is 0 Å². The first-order valence-electron chi connectivity index (χ1n) is 6.47. The van der Waals surface area contributed by atoms with Crippen LogP contribution in [-0.2, 0) is 6.54 Å². The van der Waals surface area contributed by atoms with Gasteiger partial charge in [0.15, 0.2) is 0 Å². The van der Waals surface area contributed by atoms with E-state index in [1.54, 1.807) is 0 Å². The third-order valence-corrected chi connectivity index (χ3v) is 5.53. The fraction of sp³-hybridized carbons (Fsp3) is 0.462. The van der Waals surface area contributed by atoms with Crippen molar-refractivity contribution in [3.63, 3.8) is 0 Å². The van der Waals surface area contributed by atoms with Gasteiger partial charge in [-0.15, -0.1) is 11.3 Å². The lowest BCUT2D eigenvalue weighted by molar-refractivity contribution is 0.174. The van der Waals surface area contributed by atoms with Gasteiger partial charge >= 0.3 is 0 Å². The molecular weight excluding hydrogens is 324 g/mol. The molecule has 0 unspecified atom stereocenters. The van der Waals surface area contributed by atoms with Crippen LogP contribution in [0.15, 0.2) is 28.2 Å². The minimum absolute atomic E-state index is 0.500. The summed E-state index contributed by atoms with van der Waals surface area (Å²) in [5, 5.41) is 6.46. The summed E-state index contributed by atoms with van der Waals surface area (Å²) in [6.07, 6.45) is 4.28. The highest BCUT2D eigenvalue weighted by molar-refractivity contribution is 9.10. The van der Waals surface area contributed by atoms with E-state index >= 15 is 0 Å². The molecule has 0 aliphatic carbocycles. The first kappa shape index (κ1) is 13.1. The van der Waals surface area contributed by atoms with E-state index in [4.69, 9.17) is 5.73 Å². The Bertz CT molecular complexity index is 542. The predicted molar refractivity (Wildman–Crippen MR) is 82.2 cm³/mol. The molecule has 0 atom stereocenters. The number of thiophene rings is 1. The molecule has 2 aromatic heterocycles. The monoisotopic (exact) mass is 340 g/mol. The number of anilines is 1. The second kappa shape index (κ2) is 5.64. The van der Waals surface area contributed by atoms with Gasteiger partial charge in [0, 0.05) is 35.2 Å². The van der Waals surface area contributed by atoms with Crippen LogP contribution in [0, 0.1) is 0 Å². The molecule has 102 valence electrons. The Morgan fingerprint density at radius 3 is 2.74 bits per heavy atom. The van der Waals surface area contributed by atoms with E-state index in [1.807, 2.05) is 28.3 Å². The molecule has 0 saturated carbocycles. The average Bonchev–Trinajstić information content (AvgIpc) is 3.00. The van der Waals surface area contributed by atoms with Gasteiger partial charge in [0.2, 0.25) is 0 Å². The zero-order chi connectivity index (χ0) is 13.2. The van der Waals surface area contributed by atoms with Crippen molar-refractivity contribution in [3.05, 3.63) is 33.1 Å². The van der Waals surface area contributed by atoms with Crippen LogP contribution in [0.1, 0.15) is 23.8 Å². The second-order valence-corrected chi connectivity index (χ2v) is 6.77. The lowest BCUT2D eigenvalue weighted by Gasteiger charge is -2.31. The van der Waals surface area contributed by atoms with Crippen LogP contribution in [-0.4, -0.2) is 27.8 Å². The Labute approximate surface area is 125 Å². The summed E-state index contributed by atoms with van der Waals surface area (Å²) in [6.45, 7) is 3.29. The highest BCUT2D eigenvalue weighted by atomic mass is 79.9. The number of rotatable bonds is 3. The topological polar surface area (TPSA) is 47.1 Å². The molecule has 0 bridgehead atoms. The van der Waals surface area contributed by atoms with Crippen molar-refractivity contribution in [2.24, 2.45) is 0 Å². The van der Waals surface area contributed by atoms with Crippen LogP contribution in [0.3, 0.4) is 0 Å². The Hall–Kier alpha value is -0.850. The van der Waals surface area contributed by atoms with E-state index in [9.17, 15) is 0 Å². The van der Waals surface area contributed by atoms with Gasteiger partial charge in [-0.1, -0.05) is 0 Å². The van der Waals surface area contributed by atoms with E-state index in [1.165, 1.54) is 9.35 Å². The molecule has 0 spiro atoms. The van der Waals surface area contributed by atoms with Crippen LogP contribution >= 0.6 is 27.3 Å². The first-order chi connectivity index (χ1) is 9.22. The summed E-state index contributed by atoms with van der Waals surface area (Å²) >= 11 is 5.42. The van der Waals surface area contributed by atoms with Crippen LogP contribution < -0.4 is 5.73 Å². The van der Waals surface area contributed by atoms with Gasteiger partial charge in [-0.25, -0.2) is 0 Å². The SMILES string of the molecule is Nc1ccn(C2CCN(Cc3sccc3Br)CC2)n1. The number of halogens is 1. The summed E-state index contributed by atoms with van der Waals surface area (Å²) < 4.78 is 3.26. The molecule has 0 amide bonds. The minimum Gasteiger partial charge on any atom is -0.382 e. The summed E-state index contributed by atoms with van der Waals surface area (Å²) in [5.74, 6) is 0.616. The summed E-state index contributed by atoms with van der Waals surface area (Å²) in [5.41, 5.74) is 5.67. The molecule has 1 fully saturated rings. The van der Waals surface area contributed by atoms with Crippen LogP contribution in [0.5, 0.6) is 0 Å². The summed E-state index contributed by atoms with van der Waals surface area (Å²) in [4.78, 5) is 3.93. The standard InChI is InChI=1S/C13H17BrN4S/c14-11-4-8-19-12(11)9-17-5-1-10(2-6-17)18-7-3-13(15)16-18/h3-4,7-8,10H,1-2,5-6,9H2,(H2,15,16). The molecule has 19 heavy (non-hydrogen) atoms. The molecular formula is C13H17BrN4S. The Morgan fingerprint density at radius 1 is 1.37 bits per heavy atom. The van der Waals surface area contributed by atoms with Gasteiger partial charge < -0.3 is 5.73 Å². The minimum atomic E-state index is 0.500. The average molecular weight is 341 g/mol. The number of likely N-dealkylation sites (tertiary alicyclic amines) is 1. The molecule has 4 nitrogen and oxygen atoms in total. The predicted octanol–water partition coefficient (Wildman–Crippen LogP) is 3.13. The molecule has 2 aromatic rings. The van der Waals surface area contributed by atoms with Crippen molar-refractivity contribution in [2.45, 2.75) is 25.4 Å². The molecule has 6 heteroatoms. The van der Waals surface area contributed by atoms with Gasteiger partial charge in [-0.3, -0.25) is 9.58 Å². The van der Waals surface area contributed by atoms with E-state index in [0.29, 0.717) is 11.9 Å². The van der Waals surface area contributed by atoms with Crippen molar-refractivity contribution >= 4 is 33.1 Å². The lowest BCUT2D eigenvalue weighted by atomic mass is 10.1. The van der Waals surface area contributed by atoms with Crippen molar-refractivity contribution in [3.8, 4) is 0 Å². The van der Waals surface area contributed by atoms with Gasteiger partial charge in [-0.2, -0.15) is 5.10 Å². The Morgan fingerprint density at radius 2 is 2.16 bits per heavy atom. The van der Waals surface area contributed by atoms with Gasteiger partial charge in [0.05, 0.1) is 6.04 Å². The van der Waals surface area contributed by atoms with Crippen LogP contribution in [0.2, 0.25) is 0 Å². The molecule has 1 aliphatic heterocycles. The van der Waals surface area contributed by atoms with Crippen molar-refractivity contribution in [1.29, 1.82) is 0 Å². The smallest absolute Gasteiger partial charge is 0.145 e. The Balaban J connectivity index is 1.56. The third-order valence-electron chi connectivity index (χ3n) is 3.62. The zero-order valence-corrected chi connectivity index (χ0v) is 13.0. The van der Waals surface area contributed by atoms with Crippen molar-refractivity contribution in [1.82, 2.24) is 14.7 Å².